The first-order valence-corrected chi connectivity index (χ1v) is 31.6. The van der Waals surface area contributed by atoms with Crippen LogP contribution < -0.4 is 0 Å². The molecule has 0 aliphatic rings. The van der Waals surface area contributed by atoms with Gasteiger partial charge in [-0.2, -0.15) is 0 Å². The van der Waals surface area contributed by atoms with Crippen LogP contribution in [0.4, 0.5) is 0 Å². The summed E-state index contributed by atoms with van der Waals surface area (Å²) in [5.74, 6) is -0.906. The van der Waals surface area contributed by atoms with Crippen molar-refractivity contribution in [2.75, 3.05) is 13.2 Å². The SMILES string of the molecule is CCCCC/C=C\C/C=C\C/C=C\CCCCCCCCC(=O)OC(COC(=O)CCCCCCC/C=C\CCCCCCC)COC(=O)CCCCCCCCCC/C=C\C/C=C\C/C=C\CCCCCCC. The minimum atomic E-state index is -0.792. The quantitative estimate of drug-likeness (QED) is 0.0261. The van der Waals surface area contributed by atoms with E-state index in [0.717, 1.165) is 109 Å². The molecule has 0 aromatic rings. The standard InChI is InChI=1S/C68H118O6/c1-4-7-10-13-16-19-22-25-28-30-32-33-34-35-37-38-40-43-46-49-52-55-58-61-67(70)73-64-65(63-72-66(69)60-57-54-51-48-45-42-27-24-21-18-15-12-9-6-3)74-68(71)62-59-56-53-50-47-44-41-39-36-31-29-26-23-20-17-14-11-8-5-2/h17,20,22,24-27,29-30,32,34-36,39,65H,4-16,18-19,21,23,28,31,33,37-38,40-64H2,1-3H3/b20-17-,25-22-,27-24-,29-26-,32-30-,35-34-,39-36-. The van der Waals surface area contributed by atoms with E-state index in [-0.39, 0.29) is 31.1 Å². The molecule has 0 saturated carbocycles. The van der Waals surface area contributed by atoms with E-state index in [1.165, 1.54) is 161 Å². The van der Waals surface area contributed by atoms with Gasteiger partial charge in [0.25, 0.3) is 0 Å². The number of allylic oxidation sites excluding steroid dienone is 14. The van der Waals surface area contributed by atoms with Gasteiger partial charge in [-0.25, -0.2) is 0 Å². The third-order valence-electron chi connectivity index (χ3n) is 13.6. The van der Waals surface area contributed by atoms with Crippen LogP contribution in [-0.2, 0) is 28.6 Å². The third-order valence-corrected chi connectivity index (χ3v) is 13.6. The Morgan fingerprint density at radius 1 is 0.270 bits per heavy atom. The summed E-state index contributed by atoms with van der Waals surface area (Å²) in [6.45, 7) is 6.59. The molecule has 1 atom stereocenters. The van der Waals surface area contributed by atoms with Crippen LogP contribution in [-0.4, -0.2) is 37.2 Å². The van der Waals surface area contributed by atoms with Crippen molar-refractivity contribution in [2.24, 2.45) is 0 Å². The molecule has 0 fully saturated rings. The molecule has 0 amide bonds. The Labute approximate surface area is 458 Å². The molecule has 0 spiro atoms. The first kappa shape index (κ1) is 70.6. The Morgan fingerprint density at radius 3 is 0.797 bits per heavy atom. The zero-order valence-corrected chi connectivity index (χ0v) is 48.8. The summed E-state index contributed by atoms with van der Waals surface area (Å²) in [6, 6.07) is 0. The molecule has 0 rings (SSSR count). The molecule has 0 aromatic carbocycles. The van der Waals surface area contributed by atoms with E-state index in [1.807, 2.05) is 0 Å². The van der Waals surface area contributed by atoms with Crippen molar-refractivity contribution in [1.82, 2.24) is 0 Å². The summed E-state index contributed by atoms with van der Waals surface area (Å²) in [5, 5.41) is 0. The predicted octanol–water partition coefficient (Wildman–Crippen LogP) is 21.5. The maximum atomic E-state index is 12.9. The number of hydrogen-bond donors (Lipinski definition) is 0. The number of rotatable bonds is 57. The van der Waals surface area contributed by atoms with Gasteiger partial charge < -0.3 is 14.2 Å². The highest BCUT2D eigenvalue weighted by Gasteiger charge is 2.19. The summed E-state index contributed by atoms with van der Waals surface area (Å²) < 4.78 is 16.9. The van der Waals surface area contributed by atoms with E-state index < -0.39 is 6.10 Å². The minimum absolute atomic E-state index is 0.0880. The van der Waals surface area contributed by atoms with Crippen molar-refractivity contribution in [3.63, 3.8) is 0 Å². The van der Waals surface area contributed by atoms with Crippen molar-refractivity contribution in [3.05, 3.63) is 85.1 Å². The van der Waals surface area contributed by atoms with Gasteiger partial charge in [0, 0.05) is 19.3 Å². The zero-order valence-electron chi connectivity index (χ0n) is 48.8. The van der Waals surface area contributed by atoms with Crippen molar-refractivity contribution in [1.29, 1.82) is 0 Å². The number of unbranched alkanes of at least 4 members (excludes halogenated alkanes) is 32. The van der Waals surface area contributed by atoms with Crippen LogP contribution in [0.5, 0.6) is 0 Å². The van der Waals surface area contributed by atoms with E-state index in [4.69, 9.17) is 14.2 Å². The van der Waals surface area contributed by atoms with Crippen molar-refractivity contribution < 1.29 is 28.6 Å². The number of carbonyl (C=O) groups is 3. The van der Waals surface area contributed by atoms with E-state index in [0.29, 0.717) is 19.3 Å². The molecular formula is C68H118O6. The normalized spacial score (nSPS) is 12.6. The Balaban J connectivity index is 4.39. The van der Waals surface area contributed by atoms with E-state index in [2.05, 4.69) is 106 Å². The van der Waals surface area contributed by atoms with Crippen LogP contribution in [0.2, 0.25) is 0 Å². The van der Waals surface area contributed by atoms with Gasteiger partial charge in [0.05, 0.1) is 0 Å². The Kier molecular flexibility index (Phi) is 59.3. The molecular weight excluding hydrogens is 913 g/mol. The molecule has 6 nitrogen and oxygen atoms in total. The molecule has 0 bridgehead atoms. The van der Waals surface area contributed by atoms with Crippen LogP contribution in [0.1, 0.15) is 310 Å². The topological polar surface area (TPSA) is 78.9 Å². The largest absolute Gasteiger partial charge is 0.462 e. The lowest BCUT2D eigenvalue weighted by Crippen LogP contribution is -2.30. The van der Waals surface area contributed by atoms with Crippen molar-refractivity contribution in [3.8, 4) is 0 Å². The Morgan fingerprint density at radius 2 is 0.486 bits per heavy atom. The molecule has 1 unspecified atom stereocenters. The van der Waals surface area contributed by atoms with Crippen LogP contribution in [0, 0.1) is 0 Å². The lowest BCUT2D eigenvalue weighted by atomic mass is 10.1. The smallest absolute Gasteiger partial charge is 0.306 e. The second kappa shape index (κ2) is 62.1. The minimum Gasteiger partial charge on any atom is -0.462 e. The lowest BCUT2D eigenvalue weighted by Gasteiger charge is -2.18. The second-order valence-corrected chi connectivity index (χ2v) is 21.0. The number of hydrogen-bond acceptors (Lipinski definition) is 6. The number of esters is 3. The average molecular weight is 1030 g/mol. The first-order chi connectivity index (χ1) is 36.5. The number of carbonyl (C=O) groups excluding carboxylic acids is 3. The monoisotopic (exact) mass is 1030 g/mol. The van der Waals surface area contributed by atoms with Gasteiger partial charge in [0.1, 0.15) is 13.2 Å². The molecule has 74 heavy (non-hydrogen) atoms. The third kappa shape index (κ3) is 59.5. The van der Waals surface area contributed by atoms with Gasteiger partial charge in [-0.15, -0.1) is 0 Å². The maximum Gasteiger partial charge on any atom is 0.306 e. The summed E-state index contributed by atoms with van der Waals surface area (Å²) in [4.78, 5) is 38.3. The second-order valence-electron chi connectivity index (χ2n) is 21.0. The van der Waals surface area contributed by atoms with E-state index >= 15 is 0 Å². The molecule has 0 aromatic heterocycles. The zero-order chi connectivity index (χ0) is 53.6. The summed E-state index contributed by atoms with van der Waals surface area (Å²) >= 11 is 0. The highest BCUT2D eigenvalue weighted by atomic mass is 16.6. The van der Waals surface area contributed by atoms with Crippen LogP contribution in [0.15, 0.2) is 85.1 Å². The van der Waals surface area contributed by atoms with E-state index in [9.17, 15) is 14.4 Å². The highest BCUT2D eigenvalue weighted by molar-refractivity contribution is 5.71. The molecule has 0 N–H and O–H groups in total. The predicted molar refractivity (Wildman–Crippen MR) is 321 cm³/mol. The summed E-state index contributed by atoms with van der Waals surface area (Å²) in [7, 11) is 0. The molecule has 0 saturated heterocycles. The Bertz CT molecular complexity index is 1420. The van der Waals surface area contributed by atoms with Gasteiger partial charge in [-0.1, -0.05) is 254 Å². The fourth-order valence-electron chi connectivity index (χ4n) is 8.80. The summed E-state index contributed by atoms with van der Waals surface area (Å²) in [6.07, 6.45) is 81.5. The molecule has 0 heterocycles. The van der Waals surface area contributed by atoms with Gasteiger partial charge in [0.2, 0.25) is 0 Å². The first-order valence-electron chi connectivity index (χ1n) is 31.6. The van der Waals surface area contributed by atoms with Crippen LogP contribution >= 0.6 is 0 Å². The van der Waals surface area contributed by atoms with Gasteiger partial charge in [0.15, 0.2) is 6.10 Å². The number of ether oxygens (including phenoxy) is 3. The van der Waals surface area contributed by atoms with Crippen molar-refractivity contribution >= 4 is 17.9 Å². The average Bonchev–Trinajstić information content (AvgIpc) is 3.40. The fraction of sp³-hybridized carbons (Fsp3) is 0.750. The molecule has 6 heteroatoms. The van der Waals surface area contributed by atoms with Gasteiger partial charge in [-0.3, -0.25) is 14.4 Å². The lowest BCUT2D eigenvalue weighted by molar-refractivity contribution is -0.167. The maximum absolute atomic E-state index is 12.9. The molecule has 0 aliphatic carbocycles. The molecule has 0 aliphatic heterocycles. The molecule has 0 radical (unpaired) electrons. The van der Waals surface area contributed by atoms with Gasteiger partial charge in [-0.05, 0) is 122 Å². The van der Waals surface area contributed by atoms with Crippen molar-refractivity contribution in [2.45, 2.75) is 316 Å². The summed E-state index contributed by atoms with van der Waals surface area (Å²) in [5.41, 5.74) is 0. The molecule has 426 valence electrons. The van der Waals surface area contributed by atoms with Crippen LogP contribution in [0.3, 0.4) is 0 Å². The van der Waals surface area contributed by atoms with E-state index in [1.54, 1.807) is 0 Å². The van der Waals surface area contributed by atoms with Gasteiger partial charge >= 0.3 is 17.9 Å². The fourth-order valence-corrected chi connectivity index (χ4v) is 8.80. The Hall–Kier alpha value is -3.41. The highest BCUT2D eigenvalue weighted by Crippen LogP contribution is 2.15. The van der Waals surface area contributed by atoms with Crippen LogP contribution in [0.25, 0.3) is 0 Å².